The quantitative estimate of drug-likeness (QED) is 0.574. The summed E-state index contributed by atoms with van der Waals surface area (Å²) < 4.78 is 5.32. The Morgan fingerprint density at radius 3 is 2.31 bits per heavy atom. The molecule has 1 fully saturated rings. The summed E-state index contributed by atoms with van der Waals surface area (Å²) in [5.41, 5.74) is -0.432. The molecule has 13 heavy (non-hydrogen) atoms. The van der Waals surface area contributed by atoms with Crippen molar-refractivity contribution in [1.82, 2.24) is 0 Å². The molecular formula is C8H16O4S. The lowest BCUT2D eigenvalue weighted by Gasteiger charge is -2.38. The molecule has 1 saturated heterocycles. The Morgan fingerprint density at radius 2 is 1.77 bits per heavy atom. The van der Waals surface area contributed by atoms with Crippen LogP contribution in [0.4, 0.5) is 0 Å². The van der Waals surface area contributed by atoms with Gasteiger partial charge in [-0.05, 0) is 12.7 Å². The zero-order valence-corrected chi connectivity index (χ0v) is 8.57. The van der Waals surface area contributed by atoms with Gasteiger partial charge in [-0.2, -0.15) is 0 Å². The lowest BCUT2D eigenvalue weighted by atomic mass is 10.0. The third kappa shape index (κ3) is 2.35. The van der Waals surface area contributed by atoms with Gasteiger partial charge in [-0.25, -0.2) is 0 Å². The molecule has 1 rings (SSSR count). The summed E-state index contributed by atoms with van der Waals surface area (Å²) in [5.74, 6) is 0.803. The summed E-state index contributed by atoms with van der Waals surface area (Å²) in [4.78, 5) is 0. The number of rotatable bonds is 2. The highest BCUT2D eigenvalue weighted by Gasteiger charge is 2.41. The van der Waals surface area contributed by atoms with Crippen LogP contribution in [-0.4, -0.2) is 50.9 Å². The Balaban J connectivity index is 2.59. The molecule has 1 heterocycles. The van der Waals surface area contributed by atoms with Crippen molar-refractivity contribution >= 4 is 11.8 Å². The van der Waals surface area contributed by atoms with Gasteiger partial charge in [-0.1, -0.05) is 6.92 Å². The second kappa shape index (κ2) is 4.61. The number of hydrogen-bond acceptors (Lipinski definition) is 5. The Hall–Kier alpha value is 0.190. The van der Waals surface area contributed by atoms with Crippen molar-refractivity contribution in [2.75, 3.05) is 5.75 Å². The maximum absolute atomic E-state index is 9.50. The monoisotopic (exact) mass is 208 g/mol. The lowest BCUT2D eigenvalue weighted by molar-refractivity contribution is -0.192. The minimum absolute atomic E-state index is 0.428. The molecule has 1 unspecified atom stereocenters. The molecule has 5 heteroatoms. The molecule has 0 aromatic carbocycles. The number of thioether (sulfide) groups is 1. The molecule has 1 aliphatic heterocycles. The topological polar surface area (TPSA) is 69.9 Å². The predicted molar refractivity (Wildman–Crippen MR) is 50.5 cm³/mol. The van der Waals surface area contributed by atoms with Crippen molar-refractivity contribution in [2.24, 2.45) is 0 Å². The number of aliphatic hydroxyl groups is 3. The van der Waals surface area contributed by atoms with Crippen molar-refractivity contribution in [3.8, 4) is 0 Å². The van der Waals surface area contributed by atoms with Gasteiger partial charge >= 0.3 is 0 Å². The van der Waals surface area contributed by atoms with Crippen LogP contribution in [0, 0.1) is 0 Å². The van der Waals surface area contributed by atoms with Crippen molar-refractivity contribution in [2.45, 2.75) is 43.7 Å². The maximum atomic E-state index is 9.50. The highest BCUT2D eigenvalue weighted by Crippen LogP contribution is 2.27. The van der Waals surface area contributed by atoms with E-state index in [1.807, 2.05) is 6.92 Å². The molecule has 4 nitrogen and oxygen atoms in total. The normalized spacial score (nSPS) is 46.4. The molecule has 1 aliphatic rings. The fraction of sp³-hybridized carbons (Fsp3) is 1.00. The van der Waals surface area contributed by atoms with E-state index in [0.29, 0.717) is 0 Å². The molecule has 0 saturated carbocycles. The number of ether oxygens (including phenoxy) is 1. The van der Waals surface area contributed by atoms with Crippen LogP contribution in [0.25, 0.3) is 0 Å². The summed E-state index contributed by atoms with van der Waals surface area (Å²) in [6.07, 6.45) is -3.53. The van der Waals surface area contributed by atoms with Crippen molar-refractivity contribution in [3.63, 3.8) is 0 Å². The largest absolute Gasteiger partial charge is 0.388 e. The first kappa shape index (κ1) is 11.3. The minimum Gasteiger partial charge on any atom is -0.388 e. The molecule has 0 bridgehead atoms. The average molecular weight is 208 g/mol. The van der Waals surface area contributed by atoms with E-state index >= 15 is 0 Å². The van der Waals surface area contributed by atoms with E-state index in [1.54, 1.807) is 6.92 Å². The Bertz CT molecular complexity index is 166. The van der Waals surface area contributed by atoms with Crippen molar-refractivity contribution < 1.29 is 20.1 Å². The zero-order valence-electron chi connectivity index (χ0n) is 7.75. The molecule has 0 aromatic rings. The minimum atomic E-state index is -1.10. The van der Waals surface area contributed by atoms with E-state index in [2.05, 4.69) is 0 Å². The Labute approximate surface area is 81.9 Å². The summed E-state index contributed by atoms with van der Waals surface area (Å²) in [6, 6.07) is 0. The molecule has 0 amide bonds. The molecule has 0 spiro atoms. The van der Waals surface area contributed by atoms with E-state index in [9.17, 15) is 15.3 Å². The van der Waals surface area contributed by atoms with Crippen LogP contribution in [0.5, 0.6) is 0 Å². The number of hydrogen-bond donors (Lipinski definition) is 3. The standard InChI is InChI=1S/C8H16O4S/c1-3-13-8-7(11)6(10)5(9)4(2)12-8/h4-11H,3H2,1-2H3/t4-,5-,6+,7+,8?/m0/s1. The first-order valence-corrected chi connectivity index (χ1v) is 5.44. The van der Waals surface area contributed by atoms with Crippen LogP contribution < -0.4 is 0 Å². The second-order valence-electron chi connectivity index (χ2n) is 3.14. The van der Waals surface area contributed by atoms with Crippen LogP contribution in [0.3, 0.4) is 0 Å². The fourth-order valence-corrected chi connectivity index (χ4v) is 2.26. The summed E-state index contributed by atoms with van der Waals surface area (Å²) in [6.45, 7) is 3.63. The van der Waals surface area contributed by atoms with Gasteiger partial charge in [0.1, 0.15) is 23.7 Å². The molecule has 0 aromatic heterocycles. The van der Waals surface area contributed by atoms with Crippen LogP contribution >= 0.6 is 11.8 Å². The Kier molecular flexibility index (Phi) is 4.00. The molecule has 0 radical (unpaired) electrons. The molecule has 5 atom stereocenters. The Morgan fingerprint density at radius 1 is 1.15 bits per heavy atom. The van der Waals surface area contributed by atoms with Gasteiger partial charge in [0.15, 0.2) is 0 Å². The van der Waals surface area contributed by atoms with Crippen LogP contribution in [0.2, 0.25) is 0 Å². The van der Waals surface area contributed by atoms with E-state index < -0.39 is 29.9 Å². The highest BCUT2D eigenvalue weighted by atomic mass is 32.2. The van der Waals surface area contributed by atoms with Gasteiger partial charge < -0.3 is 20.1 Å². The van der Waals surface area contributed by atoms with Crippen molar-refractivity contribution in [1.29, 1.82) is 0 Å². The maximum Gasteiger partial charge on any atom is 0.132 e. The third-order valence-electron chi connectivity index (χ3n) is 2.14. The van der Waals surface area contributed by atoms with Crippen molar-refractivity contribution in [3.05, 3.63) is 0 Å². The molecule has 3 N–H and O–H groups in total. The van der Waals surface area contributed by atoms with Gasteiger partial charge in [0, 0.05) is 0 Å². The van der Waals surface area contributed by atoms with Gasteiger partial charge in [0.2, 0.25) is 0 Å². The second-order valence-corrected chi connectivity index (χ2v) is 4.51. The molecular weight excluding hydrogens is 192 g/mol. The first-order chi connectivity index (χ1) is 6.07. The summed E-state index contributed by atoms with van der Waals surface area (Å²) in [7, 11) is 0. The molecule has 78 valence electrons. The van der Waals surface area contributed by atoms with E-state index in [4.69, 9.17) is 4.74 Å². The van der Waals surface area contributed by atoms with E-state index in [1.165, 1.54) is 11.8 Å². The summed E-state index contributed by atoms with van der Waals surface area (Å²) in [5, 5.41) is 28.3. The van der Waals surface area contributed by atoms with Gasteiger partial charge in [0.25, 0.3) is 0 Å². The van der Waals surface area contributed by atoms with Crippen LogP contribution in [0.1, 0.15) is 13.8 Å². The van der Waals surface area contributed by atoms with E-state index in [-0.39, 0.29) is 0 Å². The lowest BCUT2D eigenvalue weighted by Crippen LogP contribution is -2.55. The van der Waals surface area contributed by atoms with E-state index in [0.717, 1.165) is 5.75 Å². The van der Waals surface area contributed by atoms with Gasteiger partial charge in [-0.15, -0.1) is 11.8 Å². The van der Waals surface area contributed by atoms with Gasteiger partial charge in [0.05, 0.1) is 6.10 Å². The predicted octanol–water partition coefficient (Wildman–Crippen LogP) is -0.433. The van der Waals surface area contributed by atoms with Crippen LogP contribution in [-0.2, 0) is 4.74 Å². The van der Waals surface area contributed by atoms with Crippen LogP contribution in [0.15, 0.2) is 0 Å². The highest BCUT2D eigenvalue weighted by molar-refractivity contribution is 7.99. The SMILES string of the molecule is CCSC1O[C@@H](C)[C@H](O)[C@@H](O)[C@H]1O. The number of aliphatic hydroxyl groups excluding tert-OH is 3. The fourth-order valence-electron chi connectivity index (χ4n) is 1.32. The smallest absolute Gasteiger partial charge is 0.132 e. The van der Waals surface area contributed by atoms with Gasteiger partial charge in [-0.3, -0.25) is 0 Å². The average Bonchev–Trinajstić information content (AvgIpc) is 2.11. The first-order valence-electron chi connectivity index (χ1n) is 4.39. The molecule has 0 aliphatic carbocycles. The third-order valence-corrected chi connectivity index (χ3v) is 3.19. The zero-order chi connectivity index (χ0) is 10.0. The summed E-state index contributed by atoms with van der Waals surface area (Å²) >= 11 is 1.43.